The van der Waals surface area contributed by atoms with Crippen LogP contribution in [-0.4, -0.2) is 53.5 Å². The van der Waals surface area contributed by atoms with Crippen molar-refractivity contribution in [1.29, 1.82) is 0 Å². The highest BCUT2D eigenvalue weighted by molar-refractivity contribution is 8.15. The first-order valence-corrected chi connectivity index (χ1v) is 10.8. The summed E-state index contributed by atoms with van der Waals surface area (Å²) >= 11 is 1.21. The number of hydrogen-bond acceptors (Lipinski definition) is 8. The number of nitrogens with zero attached hydrogens (tertiary/aromatic N) is 2. The Bertz CT molecular complexity index is 1090. The minimum absolute atomic E-state index is 0.0497. The molecular weight excluding hydrogens is 434 g/mol. The van der Waals surface area contributed by atoms with E-state index in [0.717, 1.165) is 0 Å². The molecule has 2 amide bonds. The van der Waals surface area contributed by atoms with Gasteiger partial charge >= 0.3 is 5.97 Å². The molecule has 1 saturated heterocycles. The maximum atomic E-state index is 12.8. The molecular formula is C22H21N3O6S. The Morgan fingerprint density at radius 3 is 2.69 bits per heavy atom. The molecule has 2 aliphatic heterocycles. The molecule has 32 heavy (non-hydrogen) atoms. The summed E-state index contributed by atoms with van der Waals surface area (Å²) in [5.74, 6) is 0.272. The number of thioether (sulfide) groups is 1. The van der Waals surface area contributed by atoms with Gasteiger partial charge in [-0.1, -0.05) is 11.8 Å². The predicted octanol–water partition coefficient (Wildman–Crippen LogP) is 3.18. The summed E-state index contributed by atoms with van der Waals surface area (Å²) in [4.78, 5) is 43.0. The third kappa shape index (κ3) is 4.70. The van der Waals surface area contributed by atoms with Gasteiger partial charge in [0.25, 0.3) is 0 Å². The van der Waals surface area contributed by atoms with E-state index in [2.05, 4.69) is 10.3 Å². The summed E-state index contributed by atoms with van der Waals surface area (Å²) < 4.78 is 15.6. The number of benzene rings is 2. The number of aliphatic imine (C=N–C) groups is 1. The molecule has 2 aromatic rings. The molecule has 0 bridgehead atoms. The Balaban J connectivity index is 1.46. The van der Waals surface area contributed by atoms with Crippen LogP contribution in [0.4, 0.5) is 11.4 Å². The van der Waals surface area contributed by atoms with Crippen molar-refractivity contribution < 1.29 is 28.6 Å². The summed E-state index contributed by atoms with van der Waals surface area (Å²) in [6.45, 7) is 2.18. The van der Waals surface area contributed by atoms with Crippen LogP contribution in [-0.2, 0) is 14.3 Å². The van der Waals surface area contributed by atoms with Crippen molar-refractivity contribution >= 4 is 46.1 Å². The number of esters is 1. The van der Waals surface area contributed by atoms with E-state index in [4.69, 9.17) is 14.2 Å². The number of ether oxygens (including phenoxy) is 3. The van der Waals surface area contributed by atoms with E-state index in [1.165, 1.54) is 16.7 Å². The zero-order valence-electron chi connectivity index (χ0n) is 17.5. The molecule has 4 rings (SSSR count). The van der Waals surface area contributed by atoms with Crippen molar-refractivity contribution in [3.8, 4) is 11.5 Å². The van der Waals surface area contributed by atoms with Crippen LogP contribution in [0.25, 0.3) is 0 Å². The molecule has 1 unspecified atom stereocenters. The first-order chi connectivity index (χ1) is 15.4. The quantitative estimate of drug-likeness (QED) is 0.690. The number of anilines is 1. The van der Waals surface area contributed by atoms with Gasteiger partial charge in [0.2, 0.25) is 18.6 Å². The molecule has 0 saturated carbocycles. The molecule has 0 aliphatic carbocycles. The number of carbonyl (C=O) groups excluding carboxylic acids is 3. The van der Waals surface area contributed by atoms with E-state index >= 15 is 0 Å². The van der Waals surface area contributed by atoms with Crippen LogP contribution >= 0.6 is 11.8 Å². The van der Waals surface area contributed by atoms with Crippen molar-refractivity contribution in [2.24, 2.45) is 4.99 Å². The van der Waals surface area contributed by atoms with Crippen molar-refractivity contribution in [2.75, 3.05) is 25.8 Å². The minimum atomic E-state index is -0.642. The Labute approximate surface area is 188 Å². The van der Waals surface area contributed by atoms with Gasteiger partial charge in [-0.3, -0.25) is 14.5 Å². The lowest BCUT2D eigenvalue weighted by Gasteiger charge is -2.28. The van der Waals surface area contributed by atoms with Crippen molar-refractivity contribution in [3.63, 3.8) is 0 Å². The Morgan fingerprint density at radius 1 is 1.19 bits per heavy atom. The Hall–Kier alpha value is -3.53. The summed E-state index contributed by atoms with van der Waals surface area (Å²) in [6.07, 6.45) is 0.0497. The lowest BCUT2D eigenvalue weighted by atomic mass is 10.2. The second kappa shape index (κ2) is 9.31. The zero-order chi connectivity index (χ0) is 22.7. The number of carbonyl (C=O) groups is 3. The number of hydrogen-bond donors (Lipinski definition) is 1. The second-order valence-electron chi connectivity index (χ2n) is 6.98. The van der Waals surface area contributed by atoms with Crippen molar-refractivity contribution in [2.45, 2.75) is 18.6 Å². The molecule has 2 heterocycles. The maximum Gasteiger partial charge on any atom is 0.338 e. The van der Waals surface area contributed by atoms with E-state index in [1.807, 2.05) is 0 Å². The average Bonchev–Trinajstić information content (AvgIpc) is 3.25. The van der Waals surface area contributed by atoms with Gasteiger partial charge in [0.1, 0.15) is 5.25 Å². The molecule has 2 aromatic carbocycles. The molecule has 2 aliphatic rings. The van der Waals surface area contributed by atoms with Crippen molar-refractivity contribution in [1.82, 2.24) is 4.90 Å². The summed E-state index contributed by atoms with van der Waals surface area (Å²) in [6, 6.07) is 11.6. The molecule has 0 radical (unpaired) electrons. The maximum absolute atomic E-state index is 12.8. The molecule has 9 nitrogen and oxygen atoms in total. The van der Waals surface area contributed by atoms with Gasteiger partial charge in [-0.25, -0.2) is 9.79 Å². The Kier molecular flexibility index (Phi) is 6.31. The van der Waals surface area contributed by atoms with Crippen LogP contribution in [0.2, 0.25) is 0 Å². The van der Waals surface area contributed by atoms with Gasteiger partial charge in [-0.05, 0) is 43.3 Å². The number of amides is 2. The zero-order valence-corrected chi connectivity index (χ0v) is 18.3. The van der Waals surface area contributed by atoms with E-state index in [9.17, 15) is 14.4 Å². The van der Waals surface area contributed by atoms with Gasteiger partial charge in [0.05, 0.1) is 17.9 Å². The van der Waals surface area contributed by atoms with Gasteiger partial charge < -0.3 is 19.5 Å². The molecule has 1 N–H and O–H groups in total. The second-order valence-corrected chi connectivity index (χ2v) is 8.15. The number of nitrogens with one attached hydrogen (secondary N) is 1. The van der Waals surface area contributed by atoms with Gasteiger partial charge in [-0.15, -0.1) is 0 Å². The monoisotopic (exact) mass is 455 g/mol. The molecule has 0 aromatic heterocycles. The van der Waals surface area contributed by atoms with Gasteiger partial charge in [-0.2, -0.15) is 0 Å². The minimum Gasteiger partial charge on any atom is -0.462 e. The standard InChI is InChI=1S/C22H21N3O6S/c1-3-29-21(28)13-4-6-14(7-5-13)23-20(27)18-11-19(26)25(2)22(32-18)24-15-8-9-16-17(10-15)31-12-30-16/h4-10,18H,3,11-12H2,1-2H3,(H,23,27). The van der Waals surface area contributed by atoms with E-state index in [-0.39, 0.29) is 31.6 Å². The third-order valence-corrected chi connectivity index (χ3v) is 6.05. The smallest absolute Gasteiger partial charge is 0.338 e. The van der Waals surface area contributed by atoms with E-state index in [1.54, 1.807) is 56.4 Å². The molecule has 1 atom stereocenters. The van der Waals surface area contributed by atoms with Crippen LogP contribution in [0, 0.1) is 0 Å². The SMILES string of the molecule is CCOC(=O)c1ccc(NC(=O)C2CC(=O)N(C)C(=Nc3ccc4c(c3)OCO4)S2)cc1. The normalized spacial score (nSPS) is 18.6. The summed E-state index contributed by atoms with van der Waals surface area (Å²) in [7, 11) is 1.63. The lowest BCUT2D eigenvalue weighted by molar-refractivity contribution is -0.128. The number of fused-ring (bicyclic) bond motifs is 1. The number of rotatable bonds is 5. The van der Waals surface area contributed by atoms with Gasteiger partial charge in [0, 0.05) is 25.2 Å². The molecule has 166 valence electrons. The Morgan fingerprint density at radius 2 is 1.94 bits per heavy atom. The fraction of sp³-hybridized carbons (Fsp3) is 0.273. The van der Waals surface area contributed by atoms with Gasteiger partial charge in [0.15, 0.2) is 16.7 Å². The average molecular weight is 455 g/mol. The van der Waals surface area contributed by atoms with E-state index in [0.29, 0.717) is 33.6 Å². The number of amidine groups is 1. The first kappa shape index (κ1) is 21.7. The topological polar surface area (TPSA) is 107 Å². The summed E-state index contributed by atoms with van der Waals surface area (Å²) in [5, 5.41) is 2.56. The van der Waals surface area contributed by atoms with Crippen LogP contribution in [0.3, 0.4) is 0 Å². The molecule has 10 heteroatoms. The first-order valence-electron chi connectivity index (χ1n) is 9.94. The fourth-order valence-electron chi connectivity index (χ4n) is 3.09. The van der Waals surface area contributed by atoms with Crippen LogP contribution in [0.5, 0.6) is 11.5 Å². The largest absolute Gasteiger partial charge is 0.462 e. The van der Waals surface area contributed by atoms with Crippen molar-refractivity contribution in [3.05, 3.63) is 48.0 Å². The van der Waals surface area contributed by atoms with E-state index < -0.39 is 11.2 Å². The molecule has 1 fully saturated rings. The fourth-order valence-corrected chi connectivity index (χ4v) is 4.15. The highest BCUT2D eigenvalue weighted by Crippen LogP contribution is 2.36. The summed E-state index contributed by atoms with van der Waals surface area (Å²) in [5.41, 5.74) is 1.50. The molecule has 0 spiro atoms. The highest BCUT2D eigenvalue weighted by atomic mass is 32.2. The highest BCUT2D eigenvalue weighted by Gasteiger charge is 2.34. The lowest BCUT2D eigenvalue weighted by Crippen LogP contribution is -2.43. The van der Waals surface area contributed by atoms with Crippen LogP contribution < -0.4 is 14.8 Å². The van der Waals surface area contributed by atoms with Crippen LogP contribution in [0.15, 0.2) is 47.5 Å². The third-order valence-electron chi connectivity index (χ3n) is 4.81. The van der Waals surface area contributed by atoms with Crippen LogP contribution in [0.1, 0.15) is 23.7 Å². The predicted molar refractivity (Wildman–Crippen MR) is 119 cm³/mol.